The lowest BCUT2D eigenvalue weighted by molar-refractivity contribution is -0.112. The highest BCUT2D eigenvalue weighted by atomic mass is 79.9. The van der Waals surface area contributed by atoms with E-state index < -0.39 is 5.91 Å². The van der Waals surface area contributed by atoms with E-state index in [1.807, 2.05) is 18.2 Å². The fourth-order valence-electron chi connectivity index (χ4n) is 2.78. The fraction of sp³-hybridized carbons (Fsp3) is 0.0833. The number of carbonyl (C=O) groups excluding carboxylic acids is 1. The van der Waals surface area contributed by atoms with Crippen molar-refractivity contribution in [2.45, 2.75) is 6.61 Å². The van der Waals surface area contributed by atoms with Gasteiger partial charge in [-0.1, -0.05) is 47.5 Å². The summed E-state index contributed by atoms with van der Waals surface area (Å²) in [6.45, 7) is 0.240. The summed E-state index contributed by atoms with van der Waals surface area (Å²) < 4.78 is 12.0. The minimum atomic E-state index is -0.506. The number of benzene rings is 3. The second-order valence-electron chi connectivity index (χ2n) is 6.56. The van der Waals surface area contributed by atoms with Gasteiger partial charge in [0.1, 0.15) is 18.2 Å². The van der Waals surface area contributed by atoms with E-state index in [9.17, 15) is 10.1 Å². The minimum Gasteiger partial charge on any atom is -0.493 e. The molecule has 0 unspecified atom stereocenters. The molecule has 0 aliphatic carbocycles. The zero-order valence-electron chi connectivity index (χ0n) is 16.9. The van der Waals surface area contributed by atoms with Gasteiger partial charge in [0.15, 0.2) is 11.5 Å². The molecule has 0 aliphatic rings. The van der Waals surface area contributed by atoms with Gasteiger partial charge >= 0.3 is 0 Å². The first-order chi connectivity index (χ1) is 15.4. The number of para-hydroxylation sites is 1. The number of methoxy groups -OCH3 is 1. The molecular weight excluding hydrogens is 515 g/mol. The number of carbonyl (C=O) groups is 1. The molecule has 32 heavy (non-hydrogen) atoms. The van der Waals surface area contributed by atoms with Gasteiger partial charge in [-0.15, -0.1) is 0 Å². The van der Waals surface area contributed by atoms with Crippen molar-refractivity contribution in [3.05, 3.63) is 91.9 Å². The molecule has 0 saturated heterocycles. The summed E-state index contributed by atoms with van der Waals surface area (Å²) in [6.07, 6.45) is 1.48. The number of nitrogens with one attached hydrogen (secondary N) is 1. The minimum absolute atomic E-state index is 0.0488. The van der Waals surface area contributed by atoms with Crippen LogP contribution in [0.25, 0.3) is 6.08 Å². The lowest BCUT2D eigenvalue weighted by Crippen LogP contribution is -2.13. The molecule has 0 bridgehead atoms. The Morgan fingerprint density at radius 2 is 1.88 bits per heavy atom. The molecule has 0 aromatic heterocycles. The first-order valence-electron chi connectivity index (χ1n) is 9.33. The molecule has 3 rings (SSSR count). The smallest absolute Gasteiger partial charge is 0.266 e. The molecule has 162 valence electrons. The van der Waals surface area contributed by atoms with Crippen LogP contribution in [0.2, 0.25) is 10.0 Å². The predicted octanol–water partition coefficient (Wildman–Crippen LogP) is 6.89. The van der Waals surface area contributed by atoms with Crippen LogP contribution in [0.5, 0.6) is 11.5 Å². The lowest BCUT2D eigenvalue weighted by atomic mass is 10.1. The van der Waals surface area contributed by atoms with Gasteiger partial charge in [0, 0.05) is 5.69 Å². The first kappa shape index (κ1) is 23.7. The molecule has 1 N–H and O–H groups in total. The van der Waals surface area contributed by atoms with Crippen LogP contribution in [0.1, 0.15) is 11.1 Å². The summed E-state index contributed by atoms with van der Waals surface area (Å²) in [5.41, 5.74) is 1.98. The molecule has 3 aromatic rings. The van der Waals surface area contributed by atoms with Crippen LogP contribution in [-0.2, 0) is 11.4 Å². The third-order valence-corrected chi connectivity index (χ3v) is 5.65. The predicted molar refractivity (Wildman–Crippen MR) is 130 cm³/mol. The molecule has 0 heterocycles. The van der Waals surface area contributed by atoms with E-state index in [1.165, 1.54) is 13.2 Å². The van der Waals surface area contributed by atoms with Crippen LogP contribution >= 0.6 is 39.1 Å². The van der Waals surface area contributed by atoms with Crippen molar-refractivity contribution in [1.82, 2.24) is 0 Å². The van der Waals surface area contributed by atoms with Crippen molar-refractivity contribution in [2.24, 2.45) is 0 Å². The quantitative estimate of drug-likeness (QED) is 0.266. The maximum atomic E-state index is 12.5. The van der Waals surface area contributed by atoms with Crippen LogP contribution in [0.3, 0.4) is 0 Å². The Morgan fingerprint density at radius 3 is 2.53 bits per heavy atom. The Labute approximate surface area is 204 Å². The molecule has 0 spiro atoms. The number of ether oxygens (including phenoxy) is 2. The molecule has 1 amide bonds. The molecule has 0 aliphatic heterocycles. The molecule has 0 atom stereocenters. The normalized spacial score (nSPS) is 10.9. The number of anilines is 1. The Hall–Kier alpha value is -2.98. The van der Waals surface area contributed by atoms with Crippen molar-refractivity contribution in [2.75, 3.05) is 12.4 Å². The number of amides is 1. The molecule has 0 radical (unpaired) electrons. The average Bonchev–Trinajstić information content (AvgIpc) is 2.79. The van der Waals surface area contributed by atoms with Gasteiger partial charge in [0.25, 0.3) is 5.91 Å². The Bertz CT molecular complexity index is 1210. The second-order valence-corrected chi connectivity index (χ2v) is 8.23. The molecule has 3 aromatic carbocycles. The van der Waals surface area contributed by atoms with Gasteiger partial charge in [0.05, 0.1) is 21.6 Å². The highest BCUT2D eigenvalue weighted by molar-refractivity contribution is 9.10. The van der Waals surface area contributed by atoms with E-state index in [1.54, 1.807) is 48.5 Å². The number of hydrogen-bond donors (Lipinski definition) is 1. The molecule has 0 fully saturated rings. The Morgan fingerprint density at radius 1 is 1.12 bits per heavy atom. The number of rotatable bonds is 7. The Kier molecular flexibility index (Phi) is 8.18. The van der Waals surface area contributed by atoms with Crippen molar-refractivity contribution in [3.8, 4) is 17.6 Å². The van der Waals surface area contributed by atoms with Gasteiger partial charge < -0.3 is 14.8 Å². The largest absolute Gasteiger partial charge is 0.493 e. The van der Waals surface area contributed by atoms with E-state index in [2.05, 4.69) is 21.2 Å². The molecule has 5 nitrogen and oxygen atoms in total. The summed E-state index contributed by atoms with van der Waals surface area (Å²) in [6, 6.07) is 19.5. The summed E-state index contributed by atoms with van der Waals surface area (Å²) in [4.78, 5) is 12.5. The number of halogens is 3. The van der Waals surface area contributed by atoms with E-state index in [4.69, 9.17) is 32.7 Å². The van der Waals surface area contributed by atoms with Gasteiger partial charge in [0.2, 0.25) is 0 Å². The summed E-state index contributed by atoms with van der Waals surface area (Å²) >= 11 is 15.5. The van der Waals surface area contributed by atoms with E-state index in [0.717, 1.165) is 5.56 Å². The highest BCUT2D eigenvalue weighted by Gasteiger charge is 2.14. The van der Waals surface area contributed by atoms with E-state index in [0.29, 0.717) is 37.3 Å². The zero-order chi connectivity index (χ0) is 23.1. The number of nitrogens with zero attached hydrogens (tertiary/aromatic N) is 1. The monoisotopic (exact) mass is 530 g/mol. The Balaban J connectivity index is 1.81. The summed E-state index contributed by atoms with van der Waals surface area (Å²) in [5, 5.41) is 13.1. The zero-order valence-corrected chi connectivity index (χ0v) is 20.0. The van der Waals surface area contributed by atoms with Crippen LogP contribution in [0.4, 0.5) is 5.69 Å². The highest BCUT2D eigenvalue weighted by Crippen LogP contribution is 2.38. The van der Waals surface area contributed by atoms with E-state index >= 15 is 0 Å². The van der Waals surface area contributed by atoms with Crippen LogP contribution < -0.4 is 14.8 Å². The van der Waals surface area contributed by atoms with Crippen molar-refractivity contribution in [3.63, 3.8) is 0 Å². The first-order valence-corrected chi connectivity index (χ1v) is 10.9. The molecule has 0 saturated carbocycles. The van der Waals surface area contributed by atoms with Crippen LogP contribution in [0, 0.1) is 11.3 Å². The van der Waals surface area contributed by atoms with Crippen molar-refractivity contribution in [1.29, 1.82) is 5.26 Å². The molecular formula is C24H17BrCl2N2O3. The van der Waals surface area contributed by atoms with Crippen LogP contribution in [-0.4, -0.2) is 13.0 Å². The number of nitriles is 1. The summed E-state index contributed by atoms with van der Waals surface area (Å²) in [5.74, 6) is 0.406. The summed E-state index contributed by atoms with van der Waals surface area (Å²) in [7, 11) is 1.51. The maximum absolute atomic E-state index is 12.5. The standard InChI is InChI=1S/C24H17BrCl2N2O3/c1-31-22-12-16(9-17(13-28)24(30)29-18-5-3-2-4-6-18)10-19(25)23(22)32-14-15-7-8-20(26)21(27)11-15/h2-12H,14H2,1H3,(H,29,30)/b17-9-. The maximum Gasteiger partial charge on any atom is 0.266 e. The second kappa shape index (κ2) is 11.1. The average molecular weight is 532 g/mol. The third-order valence-electron chi connectivity index (χ3n) is 4.33. The van der Waals surface area contributed by atoms with Crippen molar-refractivity contribution < 1.29 is 14.3 Å². The van der Waals surface area contributed by atoms with Crippen molar-refractivity contribution >= 4 is 56.8 Å². The lowest BCUT2D eigenvalue weighted by Gasteiger charge is -2.14. The van der Waals surface area contributed by atoms with E-state index in [-0.39, 0.29) is 12.2 Å². The van der Waals surface area contributed by atoms with Crippen LogP contribution in [0.15, 0.2) is 70.7 Å². The van der Waals surface area contributed by atoms with Gasteiger partial charge in [-0.25, -0.2) is 0 Å². The SMILES string of the molecule is COc1cc(/C=C(/C#N)C(=O)Nc2ccccc2)cc(Br)c1OCc1ccc(Cl)c(Cl)c1. The van der Waals surface area contributed by atoms with Gasteiger partial charge in [-0.05, 0) is 69.5 Å². The fourth-order valence-corrected chi connectivity index (χ4v) is 3.68. The third kappa shape index (κ3) is 6.04. The topological polar surface area (TPSA) is 71.3 Å². The molecule has 8 heteroatoms. The van der Waals surface area contributed by atoms with Gasteiger partial charge in [-0.2, -0.15) is 5.26 Å². The van der Waals surface area contributed by atoms with Gasteiger partial charge in [-0.3, -0.25) is 4.79 Å². The number of hydrogen-bond acceptors (Lipinski definition) is 4.